The molecule has 0 aliphatic carbocycles. The van der Waals surface area contributed by atoms with Gasteiger partial charge in [0.15, 0.2) is 5.52 Å². The first kappa shape index (κ1) is 40.8. The van der Waals surface area contributed by atoms with Gasteiger partial charge < -0.3 is 33.8 Å². The number of fused-ring (bicyclic) bond motifs is 2. The molecule has 54 heavy (non-hydrogen) atoms. The van der Waals surface area contributed by atoms with Crippen LogP contribution in [0.25, 0.3) is 39.4 Å². The molecule has 4 aromatic carbocycles. The van der Waals surface area contributed by atoms with Gasteiger partial charge in [0.25, 0.3) is 12.0 Å². The van der Waals surface area contributed by atoms with Crippen LogP contribution in [-0.4, -0.2) is 20.6 Å². The summed E-state index contributed by atoms with van der Waals surface area (Å²) in [5.74, 6) is 0.960. The molecule has 3 aromatic heterocycles. The molecule has 0 amide bonds. The van der Waals surface area contributed by atoms with Crippen molar-refractivity contribution in [3.8, 4) is 28.2 Å². The molecule has 0 N–H and O–H groups in total. The summed E-state index contributed by atoms with van der Waals surface area (Å²) in [4.78, 5) is 14.6. The Labute approximate surface area is 351 Å². The number of anilines is 3. The molecule has 1 radical (unpaired) electrons. The third-order valence-electron chi connectivity index (χ3n) is 9.78. The van der Waals surface area contributed by atoms with E-state index in [4.69, 9.17) is 9.97 Å². The van der Waals surface area contributed by atoms with Gasteiger partial charge in [-0.2, -0.15) is 34.9 Å². The Morgan fingerprint density at radius 3 is 1.78 bits per heavy atom. The summed E-state index contributed by atoms with van der Waals surface area (Å²) in [5, 5.41) is 0. The quantitative estimate of drug-likeness (QED) is 0.0969. The third kappa shape index (κ3) is 8.02. The Kier molecular flexibility index (Phi) is 13.1. The molecular formula is C46H47IIrN6-2. The SMILES string of the molecule is Cc1cccc(C)c1-c1ccc2c(n1)N(c1[c-]cccc1)[CH-]N2C(C)C.Cc1cccc(C)c1-c1ccc2c(n1)n(-c1ccccc1)c[n+]2C(C)C.[I-].[Ir]. The number of halogens is 1. The molecule has 0 atom stereocenters. The standard InChI is InChI=1S/C23H24N3.C23H23N3.HI.Ir/c2*1-16(2)25-15-26(19-11-6-5-7-12-19)23-21(25)14-13-20(24-23)22-17(3)9-8-10-18(22)4;;/h5-16H,1-4H3;5-11,13-16H,1-4H3;1H;/q+1;-2;;/p-1. The summed E-state index contributed by atoms with van der Waals surface area (Å²) in [6.07, 6.45) is 2.16. The largest absolute Gasteiger partial charge is 1.00 e. The van der Waals surface area contributed by atoms with Crippen molar-refractivity contribution in [1.29, 1.82) is 0 Å². The number of para-hydroxylation sites is 2. The summed E-state index contributed by atoms with van der Waals surface area (Å²) in [5.41, 5.74) is 14.9. The molecule has 4 heterocycles. The van der Waals surface area contributed by atoms with E-state index in [2.05, 4.69) is 184 Å². The van der Waals surface area contributed by atoms with E-state index in [0.29, 0.717) is 12.1 Å². The maximum atomic E-state index is 5.09. The second kappa shape index (κ2) is 17.4. The smallest absolute Gasteiger partial charge is 0.274 e. The zero-order chi connectivity index (χ0) is 36.5. The van der Waals surface area contributed by atoms with E-state index >= 15 is 0 Å². The number of nitrogens with zero attached hydrogens (tertiary/aromatic N) is 6. The Morgan fingerprint density at radius 2 is 1.22 bits per heavy atom. The fourth-order valence-electron chi connectivity index (χ4n) is 7.15. The molecule has 0 saturated carbocycles. The monoisotopic (exact) mass is 1000 g/mol. The van der Waals surface area contributed by atoms with Crippen LogP contribution >= 0.6 is 0 Å². The first-order chi connectivity index (χ1) is 25.1. The molecule has 0 spiro atoms. The molecule has 0 unspecified atom stereocenters. The van der Waals surface area contributed by atoms with Crippen LogP contribution in [0.2, 0.25) is 0 Å². The van der Waals surface area contributed by atoms with Gasteiger partial charge in [0.2, 0.25) is 0 Å². The predicted octanol–water partition coefficient (Wildman–Crippen LogP) is 7.83. The van der Waals surface area contributed by atoms with Gasteiger partial charge in [0.1, 0.15) is 11.5 Å². The van der Waals surface area contributed by atoms with Gasteiger partial charge >= 0.3 is 0 Å². The summed E-state index contributed by atoms with van der Waals surface area (Å²) in [6, 6.07) is 44.0. The van der Waals surface area contributed by atoms with Crippen LogP contribution in [0.1, 0.15) is 56.0 Å². The summed E-state index contributed by atoms with van der Waals surface area (Å²) in [7, 11) is 0. The maximum Gasteiger partial charge on any atom is 0.274 e. The van der Waals surface area contributed by atoms with Crippen molar-refractivity contribution < 1.29 is 48.6 Å². The van der Waals surface area contributed by atoms with Gasteiger partial charge in [-0.3, -0.25) is 0 Å². The normalized spacial score (nSPS) is 12.0. The molecule has 0 bridgehead atoms. The van der Waals surface area contributed by atoms with Gasteiger partial charge in [0.05, 0.1) is 17.4 Å². The Morgan fingerprint density at radius 1 is 0.648 bits per heavy atom. The molecular weight excluding hydrogens is 956 g/mol. The van der Waals surface area contributed by atoms with Crippen molar-refractivity contribution in [2.75, 3.05) is 9.80 Å². The van der Waals surface area contributed by atoms with Gasteiger partial charge in [0, 0.05) is 36.9 Å². The van der Waals surface area contributed by atoms with E-state index in [1.165, 1.54) is 33.4 Å². The number of imidazole rings is 1. The van der Waals surface area contributed by atoms with Crippen LogP contribution in [0, 0.1) is 40.4 Å². The van der Waals surface area contributed by atoms with Gasteiger partial charge in [-0.25, -0.2) is 14.5 Å². The van der Waals surface area contributed by atoms with E-state index in [-0.39, 0.29) is 44.1 Å². The number of aromatic nitrogens is 4. The van der Waals surface area contributed by atoms with Crippen molar-refractivity contribution >= 4 is 28.4 Å². The number of hydrogen-bond acceptors (Lipinski definition) is 4. The van der Waals surface area contributed by atoms with E-state index < -0.39 is 0 Å². The molecule has 8 heteroatoms. The van der Waals surface area contributed by atoms with Crippen LogP contribution < -0.4 is 38.3 Å². The first-order valence-electron chi connectivity index (χ1n) is 18.1. The second-order valence-electron chi connectivity index (χ2n) is 14.2. The Hall–Kier alpha value is -4.37. The molecule has 1 aliphatic heterocycles. The van der Waals surface area contributed by atoms with Crippen LogP contribution in [0.5, 0.6) is 0 Å². The Bertz CT molecular complexity index is 2310. The summed E-state index contributed by atoms with van der Waals surface area (Å²) >= 11 is 0. The maximum absolute atomic E-state index is 5.09. The number of pyridine rings is 2. The van der Waals surface area contributed by atoms with Gasteiger partial charge in [-0.15, -0.1) is 12.4 Å². The van der Waals surface area contributed by atoms with Crippen molar-refractivity contribution in [2.45, 2.75) is 67.5 Å². The number of hydrogen-bond donors (Lipinski definition) is 0. The predicted molar refractivity (Wildman–Crippen MR) is 215 cm³/mol. The zero-order valence-corrected chi connectivity index (χ0v) is 36.7. The second-order valence-corrected chi connectivity index (χ2v) is 14.2. The first-order valence-corrected chi connectivity index (χ1v) is 18.1. The van der Waals surface area contributed by atoms with Crippen LogP contribution in [0.4, 0.5) is 17.2 Å². The molecule has 279 valence electrons. The van der Waals surface area contributed by atoms with E-state index in [1.807, 2.05) is 24.3 Å². The number of rotatable bonds is 6. The fraction of sp³-hybridized carbons (Fsp3) is 0.217. The van der Waals surface area contributed by atoms with E-state index in [1.54, 1.807) is 0 Å². The Balaban J connectivity index is 0.000000200. The summed E-state index contributed by atoms with van der Waals surface area (Å²) in [6.45, 7) is 19.5. The fourth-order valence-corrected chi connectivity index (χ4v) is 7.15. The third-order valence-corrected chi connectivity index (χ3v) is 9.78. The molecule has 0 saturated heterocycles. The minimum absolute atomic E-state index is 0. The van der Waals surface area contributed by atoms with Crippen molar-refractivity contribution in [1.82, 2.24) is 14.5 Å². The van der Waals surface area contributed by atoms with E-state index in [0.717, 1.165) is 45.4 Å². The van der Waals surface area contributed by atoms with Crippen LogP contribution in [-0.2, 0) is 20.1 Å². The van der Waals surface area contributed by atoms with Crippen molar-refractivity contribution in [3.05, 3.63) is 157 Å². The average molecular weight is 1000 g/mol. The summed E-state index contributed by atoms with van der Waals surface area (Å²) < 4.78 is 4.47. The minimum atomic E-state index is 0. The molecule has 6 nitrogen and oxygen atoms in total. The topological polar surface area (TPSA) is 41.1 Å². The number of benzene rings is 4. The van der Waals surface area contributed by atoms with Gasteiger partial charge in [-0.05, 0) is 120 Å². The van der Waals surface area contributed by atoms with Crippen molar-refractivity contribution in [2.24, 2.45) is 0 Å². The number of aryl methyl sites for hydroxylation is 4. The van der Waals surface area contributed by atoms with Gasteiger partial charge in [-0.1, -0.05) is 54.6 Å². The molecule has 0 fully saturated rings. The van der Waals surface area contributed by atoms with E-state index in [9.17, 15) is 0 Å². The average Bonchev–Trinajstić information content (AvgIpc) is 3.72. The van der Waals surface area contributed by atoms with Crippen LogP contribution in [0.3, 0.4) is 0 Å². The van der Waals surface area contributed by atoms with Crippen molar-refractivity contribution in [3.63, 3.8) is 0 Å². The molecule has 7 aromatic rings. The molecule has 1 aliphatic rings. The zero-order valence-electron chi connectivity index (χ0n) is 32.2. The molecule has 8 rings (SSSR count). The van der Waals surface area contributed by atoms with Crippen LogP contribution in [0.15, 0.2) is 122 Å². The minimum Gasteiger partial charge on any atom is -1.00 e.